The van der Waals surface area contributed by atoms with E-state index in [1.54, 1.807) is 16.8 Å². The van der Waals surface area contributed by atoms with Crippen LogP contribution < -0.4 is 0 Å². The van der Waals surface area contributed by atoms with E-state index in [-0.39, 0.29) is 12.6 Å². The molecule has 0 saturated carbocycles. The third-order valence-electron chi connectivity index (χ3n) is 3.21. The van der Waals surface area contributed by atoms with E-state index in [2.05, 4.69) is 0 Å². The number of nitrogens with zero attached hydrogens (tertiary/aromatic N) is 4. The highest BCUT2D eigenvalue weighted by Crippen LogP contribution is 2.04. The van der Waals surface area contributed by atoms with E-state index in [0.29, 0.717) is 32.7 Å². The summed E-state index contributed by atoms with van der Waals surface area (Å²) in [5.41, 5.74) is 0. The minimum absolute atomic E-state index is 0.0248. The Labute approximate surface area is 114 Å². The van der Waals surface area contributed by atoms with Gasteiger partial charge in [0.1, 0.15) is 0 Å². The van der Waals surface area contributed by atoms with Crippen LogP contribution in [0.5, 0.6) is 0 Å². The van der Waals surface area contributed by atoms with E-state index >= 15 is 0 Å². The fourth-order valence-corrected chi connectivity index (χ4v) is 1.98. The molecule has 7 heteroatoms. The second-order valence-corrected chi connectivity index (χ2v) is 5.16. The molecule has 19 heavy (non-hydrogen) atoms. The molecule has 2 amide bonds. The number of carbonyl (C=O) groups excluding carboxylic acids is 1. The number of likely N-dealkylation sites (N-methyl/N-ethyl adjacent to an activating group) is 2. The highest BCUT2D eigenvalue weighted by atomic mass is 16.4. The predicted octanol–water partition coefficient (Wildman–Crippen LogP) is -0.698. The number of carbonyl (C=O) groups is 2. The first-order valence-electron chi connectivity index (χ1n) is 6.49. The largest absolute Gasteiger partial charge is 0.480 e. The van der Waals surface area contributed by atoms with Crippen molar-refractivity contribution < 1.29 is 14.7 Å². The topological polar surface area (TPSA) is 67.3 Å². The van der Waals surface area contributed by atoms with E-state index in [1.165, 1.54) is 0 Å². The number of aliphatic carboxylic acids is 1. The lowest BCUT2D eigenvalue weighted by molar-refractivity contribution is -0.138. The van der Waals surface area contributed by atoms with Gasteiger partial charge in [-0.25, -0.2) is 4.79 Å². The van der Waals surface area contributed by atoms with Crippen LogP contribution in [0.2, 0.25) is 0 Å². The molecule has 0 atom stereocenters. The van der Waals surface area contributed by atoms with Gasteiger partial charge >= 0.3 is 12.0 Å². The third kappa shape index (κ3) is 5.44. The quantitative estimate of drug-likeness (QED) is 0.717. The minimum Gasteiger partial charge on any atom is -0.480 e. The van der Waals surface area contributed by atoms with E-state index < -0.39 is 5.97 Å². The van der Waals surface area contributed by atoms with Crippen molar-refractivity contribution in [3.63, 3.8) is 0 Å². The zero-order valence-corrected chi connectivity index (χ0v) is 12.0. The van der Waals surface area contributed by atoms with Crippen LogP contribution in [0.3, 0.4) is 0 Å². The SMILES string of the molecule is CN(C)CCN(C)C(=O)N1CCN(CC(=O)O)CC1. The highest BCUT2D eigenvalue weighted by Gasteiger charge is 2.24. The van der Waals surface area contributed by atoms with Crippen molar-refractivity contribution in [2.24, 2.45) is 0 Å². The first-order valence-corrected chi connectivity index (χ1v) is 6.49. The van der Waals surface area contributed by atoms with E-state index in [1.807, 2.05) is 23.9 Å². The van der Waals surface area contributed by atoms with Crippen LogP contribution in [0.15, 0.2) is 0 Å². The van der Waals surface area contributed by atoms with Crippen molar-refractivity contribution >= 4 is 12.0 Å². The summed E-state index contributed by atoms with van der Waals surface area (Å²) < 4.78 is 0. The van der Waals surface area contributed by atoms with Gasteiger partial charge in [0.05, 0.1) is 6.54 Å². The molecule has 1 aliphatic rings. The van der Waals surface area contributed by atoms with Crippen LogP contribution in [0, 0.1) is 0 Å². The van der Waals surface area contributed by atoms with Gasteiger partial charge in [-0.15, -0.1) is 0 Å². The summed E-state index contributed by atoms with van der Waals surface area (Å²) in [4.78, 5) is 30.1. The van der Waals surface area contributed by atoms with Gasteiger partial charge in [0.25, 0.3) is 0 Å². The van der Waals surface area contributed by atoms with Crippen molar-refractivity contribution in [1.29, 1.82) is 0 Å². The van der Waals surface area contributed by atoms with Gasteiger partial charge < -0.3 is 19.8 Å². The molecule has 7 nitrogen and oxygen atoms in total. The molecule has 1 N–H and O–H groups in total. The Hall–Kier alpha value is -1.34. The lowest BCUT2D eigenvalue weighted by Gasteiger charge is -2.36. The average molecular weight is 272 g/mol. The summed E-state index contributed by atoms with van der Waals surface area (Å²) in [5, 5.41) is 8.72. The summed E-state index contributed by atoms with van der Waals surface area (Å²) >= 11 is 0. The summed E-state index contributed by atoms with van der Waals surface area (Å²) in [6.07, 6.45) is 0. The molecule has 0 aromatic carbocycles. The predicted molar refractivity (Wildman–Crippen MR) is 72.2 cm³/mol. The number of hydrogen-bond donors (Lipinski definition) is 1. The van der Waals surface area contributed by atoms with Gasteiger partial charge in [0.2, 0.25) is 0 Å². The molecule has 0 aliphatic carbocycles. The molecule has 0 radical (unpaired) electrons. The average Bonchev–Trinajstić information content (AvgIpc) is 2.35. The second-order valence-electron chi connectivity index (χ2n) is 5.16. The Balaban J connectivity index is 2.33. The zero-order chi connectivity index (χ0) is 14.4. The second kappa shape index (κ2) is 7.30. The first-order chi connectivity index (χ1) is 8.90. The molecule has 1 fully saturated rings. The molecule has 1 heterocycles. The maximum absolute atomic E-state index is 12.1. The van der Waals surface area contributed by atoms with Crippen molar-refractivity contribution in [2.45, 2.75) is 0 Å². The summed E-state index contributed by atoms with van der Waals surface area (Å²) in [6, 6.07) is 0.0248. The minimum atomic E-state index is -0.817. The van der Waals surface area contributed by atoms with Gasteiger partial charge in [0.15, 0.2) is 0 Å². The summed E-state index contributed by atoms with van der Waals surface area (Å²) in [5.74, 6) is -0.817. The Kier molecular flexibility index (Phi) is 6.04. The molecular formula is C12H24N4O3. The van der Waals surface area contributed by atoms with Gasteiger partial charge in [-0.1, -0.05) is 0 Å². The van der Waals surface area contributed by atoms with Crippen LogP contribution in [0.25, 0.3) is 0 Å². The molecule has 0 spiro atoms. The van der Waals surface area contributed by atoms with E-state index in [0.717, 1.165) is 6.54 Å². The number of hydrogen-bond acceptors (Lipinski definition) is 4. The molecule has 0 unspecified atom stereocenters. The van der Waals surface area contributed by atoms with Gasteiger partial charge in [-0.05, 0) is 14.1 Å². The number of urea groups is 1. The standard InChI is InChI=1S/C12H24N4O3/c1-13(2)4-5-14(3)12(19)16-8-6-15(7-9-16)10-11(17)18/h4-10H2,1-3H3,(H,17,18). The van der Waals surface area contributed by atoms with Crippen molar-refractivity contribution in [2.75, 3.05) is 67.0 Å². The smallest absolute Gasteiger partial charge is 0.319 e. The molecule has 0 aromatic rings. The number of piperazine rings is 1. The number of carboxylic acid groups (broad SMARTS) is 1. The Bertz CT molecular complexity index is 314. The fraction of sp³-hybridized carbons (Fsp3) is 0.833. The van der Waals surface area contributed by atoms with Crippen LogP contribution in [-0.4, -0.2) is 104 Å². The normalized spacial score (nSPS) is 16.7. The Morgan fingerprint density at radius 1 is 1.05 bits per heavy atom. The molecule has 1 rings (SSSR count). The summed E-state index contributed by atoms with van der Waals surface area (Å²) in [6.45, 7) is 4.02. The third-order valence-corrected chi connectivity index (χ3v) is 3.21. The van der Waals surface area contributed by atoms with Crippen molar-refractivity contribution in [3.05, 3.63) is 0 Å². The Morgan fingerprint density at radius 2 is 1.63 bits per heavy atom. The van der Waals surface area contributed by atoms with Crippen LogP contribution in [0.4, 0.5) is 4.79 Å². The van der Waals surface area contributed by atoms with E-state index in [4.69, 9.17) is 5.11 Å². The lowest BCUT2D eigenvalue weighted by Crippen LogP contribution is -2.53. The van der Waals surface area contributed by atoms with E-state index in [9.17, 15) is 9.59 Å². The molecule has 110 valence electrons. The molecule has 0 aromatic heterocycles. The lowest BCUT2D eigenvalue weighted by atomic mass is 10.3. The van der Waals surface area contributed by atoms with Gasteiger partial charge in [-0.2, -0.15) is 0 Å². The van der Waals surface area contributed by atoms with Crippen molar-refractivity contribution in [1.82, 2.24) is 19.6 Å². The van der Waals surface area contributed by atoms with Gasteiger partial charge in [0, 0.05) is 46.3 Å². The van der Waals surface area contributed by atoms with Crippen LogP contribution in [0.1, 0.15) is 0 Å². The number of rotatable bonds is 5. The maximum atomic E-state index is 12.1. The molecule has 0 bridgehead atoms. The first kappa shape index (κ1) is 15.7. The number of amides is 2. The molecular weight excluding hydrogens is 248 g/mol. The molecule has 1 aliphatic heterocycles. The van der Waals surface area contributed by atoms with Crippen LogP contribution >= 0.6 is 0 Å². The zero-order valence-electron chi connectivity index (χ0n) is 12.0. The Morgan fingerprint density at radius 3 is 2.11 bits per heavy atom. The molecule has 1 saturated heterocycles. The monoisotopic (exact) mass is 272 g/mol. The van der Waals surface area contributed by atoms with Crippen molar-refractivity contribution in [3.8, 4) is 0 Å². The van der Waals surface area contributed by atoms with Crippen LogP contribution in [-0.2, 0) is 4.79 Å². The number of carboxylic acids is 1. The maximum Gasteiger partial charge on any atom is 0.319 e. The summed E-state index contributed by atoms with van der Waals surface area (Å²) in [7, 11) is 5.75. The van der Waals surface area contributed by atoms with Gasteiger partial charge in [-0.3, -0.25) is 9.69 Å². The fourth-order valence-electron chi connectivity index (χ4n) is 1.98. The highest BCUT2D eigenvalue weighted by molar-refractivity contribution is 5.74.